The van der Waals surface area contributed by atoms with Crippen LogP contribution in [0.25, 0.3) is 6.08 Å². The van der Waals surface area contributed by atoms with E-state index < -0.39 is 0 Å². The number of benzene rings is 1. The number of carbonyl (C=O) groups is 1. The topological polar surface area (TPSA) is 60.2 Å². The lowest BCUT2D eigenvalue weighted by molar-refractivity contribution is -0.105. The van der Waals surface area contributed by atoms with Crippen molar-refractivity contribution in [1.82, 2.24) is 0 Å². The zero-order valence-corrected chi connectivity index (χ0v) is 15.3. The molecule has 0 aliphatic rings. The zero-order valence-electron chi connectivity index (χ0n) is 14.1. The van der Waals surface area contributed by atoms with Gasteiger partial charge in [-0.15, -0.1) is 0 Å². The van der Waals surface area contributed by atoms with Crippen molar-refractivity contribution < 1.29 is 14.5 Å². The highest BCUT2D eigenvalue weighted by Crippen LogP contribution is 2.04. The molecule has 0 saturated carbocycles. The van der Waals surface area contributed by atoms with Gasteiger partial charge in [-0.25, -0.2) is 0 Å². The van der Waals surface area contributed by atoms with Gasteiger partial charge in [-0.3, -0.25) is 4.79 Å². The molecule has 0 spiro atoms. The molecule has 130 valence electrons. The van der Waals surface area contributed by atoms with Crippen molar-refractivity contribution in [3.8, 4) is 0 Å². The number of rotatable bonds is 12. The Kier molecular flexibility index (Phi) is 10.4. The molecule has 0 bridgehead atoms. The molecule has 1 atom stereocenters. The Morgan fingerprint density at radius 1 is 1.08 bits per heavy atom. The summed E-state index contributed by atoms with van der Waals surface area (Å²) in [5, 5.41) is 7.67. The van der Waals surface area contributed by atoms with Crippen molar-refractivity contribution >= 4 is 32.8 Å². The molecule has 0 aromatic heterocycles. The van der Waals surface area contributed by atoms with Crippen LogP contribution in [0.15, 0.2) is 41.2 Å². The average Bonchev–Trinajstić information content (AvgIpc) is 2.59. The molecule has 6 heteroatoms. The molecule has 0 aliphatic heterocycles. The Hall–Kier alpha value is -2.00. The third-order valence-corrected chi connectivity index (χ3v) is 3.65. The van der Waals surface area contributed by atoms with Crippen LogP contribution in [-0.4, -0.2) is 30.7 Å². The van der Waals surface area contributed by atoms with E-state index in [1.165, 1.54) is 0 Å². The summed E-state index contributed by atoms with van der Waals surface area (Å²) in [4.78, 5) is 21.2. The molecule has 1 unspecified atom stereocenters. The van der Waals surface area contributed by atoms with Crippen molar-refractivity contribution in [3.63, 3.8) is 0 Å². The minimum atomic E-state index is -0.149. The Bertz CT molecular complexity index is 568. The van der Waals surface area contributed by atoms with Crippen LogP contribution in [0.2, 0.25) is 0 Å². The summed E-state index contributed by atoms with van der Waals surface area (Å²) < 4.78 is 0. The van der Waals surface area contributed by atoms with E-state index in [1.54, 1.807) is 19.2 Å². The second-order valence-electron chi connectivity index (χ2n) is 5.23. The Morgan fingerprint density at radius 3 is 2.25 bits per heavy atom. The maximum absolute atomic E-state index is 10.9. The van der Waals surface area contributed by atoms with E-state index in [2.05, 4.69) is 26.1 Å². The third kappa shape index (κ3) is 9.21. The number of oxime groups is 2. The highest BCUT2D eigenvalue weighted by atomic mass is 31.0. The molecule has 5 nitrogen and oxygen atoms in total. The highest BCUT2D eigenvalue weighted by molar-refractivity contribution is 7.45. The molecule has 0 saturated heterocycles. The molecule has 0 aliphatic carbocycles. The van der Waals surface area contributed by atoms with E-state index in [-0.39, 0.29) is 5.52 Å². The first kappa shape index (κ1) is 20.0. The van der Waals surface area contributed by atoms with Crippen LogP contribution in [0.1, 0.15) is 43.7 Å². The second-order valence-corrected chi connectivity index (χ2v) is 5.75. The molecule has 0 amide bonds. The molecule has 0 heterocycles. The largest absolute Gasteiger partial charge is 0.396 e. The molecule has 1 aromatic carbocycles. The van der Waals surface area contributed by atoms with E-state index in [9.17, 15) is 4.79 Å². The predicted molar refractivity (Wildman–Crippen MR) is 102 cm³/mol. The van der Waals surface area contributed by atoms with Gasteiger partial charge >= 0.3 is 0 Å². The summed E-state index contributed by atoms with van der Waals surface area (Å²) in [6.07, 6.45) is 7.42. The number of carbonyl (C=O) groups excluding carboxylic acids is 1. The molecule has 24 heavy (non-hydrogen) atoms. The second kappa shape index (κ2) is 12.4. The van der Waals surface area contributed by atoms with Crippen molar-refractivity contribution in [1.29, 1.82) is 0 Å². The Morgan fingerprint density at radius 2 is 1.67 bits per heavy atom. The quantitative estimate of drug-likeness (QED) is 0.248. The number of unbranched alkanes of at least 4 members (excludes halogenated alkanes) is 3. The fourth-order valence-electron chi connectivity index (χ4n) is 1.74. The summed E-state index contributed by atoms with van der Waals surface area (Å²) in [5.41, 5.74) is 2.30. The summed E-state index contributed by atoms with van der Waals surface area (Å²) in [5.74, 6) is 0. The van der Waals surface area contributed by atoms with Gasteiger partial charge in [0.2, 0.25) is 0 Å². The minimum Gasteiger partial charge on any atom is -0.396 e. The van der Waals surface area contributed by atoms with Crippen molar-refractivity contribution in [2.45, 2.75) is 32.6 Å². The summed E-state index contributed by atoms with van der Waals surface area (Å²) in [6.45, 7) is 6.46. The lowest BCUT2D eigenvalue weighted by atomic mass is 10.1. The molecular weight excluding hydrogens is 323 g/mol. The summed E-state index contributed by atoms with van der Waals surface area (Å²) >= 11 is 0. The number of hydrogen-bond donors (Lipinski definition) is 0. The highest BCUT2D eigenvalue weighted by Gasteiger charge is 1.97. The van der Waals surface area contributed by atoms with Crippen LogP contribution in [0.5, 0.6) is 0 Å². The molecule has 0 radical (unpaired) electrons. The van der Waals surface area contributed by atoms with Crippen LogP contribution in [0, 0.1) is 0 Å². The Labute approximate surface area is 146 Å². The van der Waals surface area contributed by atoms with Crippen LogP contribution >= 0.6 is 9.24 Å². The Balaban J connectivity index is 2.00. The third-order valence-electron chi connectivity index (χ3n) is 3.23. The first-order chi connectivity index (χ1) is 11.6. The lowest BCUT2D eigenvalue weighted by Gasteiger charge is -2.01. The normalized spacial score (nSPS) is 11.5. The van der Waals surface area contributed by atoms with Gasteiger partial charge in [0.25, 0.3) is 0 Å². The monoisotopic (exact) mass is 348 g/mol. The van der Waals surface area contributed by atoms with Crippen molar-refractivity contribution in [2.75, 3.05) is 13.2 Å². The van der Waals surface area contributed by atoms with E-state index in [0.29, 0.717) is 18.9 Å². The van der Waals surface area contributed by atoms with Gasteiger partial charge in [-0.05, 0) is 43.7 Å². The maximum atomic E-state index is 10.9. The fourth-order valence-corrected chi connectivity index (χ4v) is 1.80. The zero-order chi connectivity index (χ0) is 17.6. The first-order valence-corrected chi connectivity index (χ1v) is 8.55. The smallest absolute Gasteiger partial charge is 0.195 e. The molecular formula is C18H25N2O3P. The van der Waals surface area contributed by atoms with Gasteiger partial charge in [0.15, 0.2) is 5.52 Å². The van der Waals surface area contributed by atoms with E-state index in [4.69, 9.17) is 9.68 Å². The predicted octanol–water partition coefficient (Wildman–Crippen LogP) is 4.03. The molecule has 0 N–H and O–H groups in total. The summed E-state index contributed by atoms with van der Waals surface area (Å²) in [6, 6.07) is 7.91. The van der Waals surface area contributed by atoms with Gasteiger partial charge in [-0.2, -0.15) is 0 Å². The van der Waals surface area contributed by atoms with Crippen molar-refractivity contribution in [3.05, 3.63) is 42.0 Å². The van der Waals surface area contributed by atoms with Gasteiger partial charge in [0, 0.05) is 0 Å². The van der Waals surface area contributed by atoms with Gasteiger partial charge in [0.1, 0.15) is 18.9 Å². The molecule has 0 fully saturated rings. The van der Waals surface area contributed by atoms with Crippen LogP contribution < -0.4 is 0 Å². The van der Waals surface area contributed by atoms with E-state index >= 15 is 0 Å². The van der Waals surface area contributed by atoms with Gasteiger partial charge in [-0.1, -0.05) is 56.5 Å². The van der Waals surface area contributed by atoms with Crippen molar-refractivity contribution in [2.24, 2.45) is 10.3 Å². The standard InChI is InChI=1S/C18H25N2O3P/c1-3-16-8-10-17(11-9-16)14-19-22-12-6-4-5-7-13-23-20-15(2)18(21)24/h3,8-11,14H,1,4-7,12-13,24H2,2H3/b19-14-,20-15+. The lowest BCUT2D eigenvalue weighted by Crippen LogP contribution is -2.02. The van der Waals surface area contributed by atoms with E-state index in [1.807, 2.05) is 24.3 Å². The number of nitrogens with zero attached hydrogens (tertiary/aromatic N) is 2. The fraction of sp³-hybridized carbons (Fsp3) is 0.389. The molecule has 1 rings (SSSR count). The SMILES string of the molecule is C=Cc1ccc(/C=N\OCCCCCCO/N=C(\C)C(=O)P)cc1. The minimum absolute atomic E-state index is 0.149. The maximum Gasteiger partial charge on any atom is 0.195 e. The van der Waals surface area contributed by atoms with Gasteiger partial charge in [0.05, 0.1) is 6.21 Å². The van der Waals surface area contributed by atoms with Crippen LogP contribution in [-0.2, 0) is 14.5 Å². The average molecular weight is 348 g/mol. The van der Waals surface area contributed by atoms with E-state index in [0.717, 1.165) is 36.8 Å². The first-order valence-electron chi connectivity index (χ1n) is 7.97. The van der Waals surface area contributed by atoms with Gasteiger partial charge < -0.3 is 9.68 Å². The van der Waals surface area contributed by atoms with Crippen LogP contribution in [0.4, 0.5) is 0 Å². The molecule has 1 aromatic rings. The summed E-state index contributed by atoms with van der Waals surface area (Å²) in [7, 11) is 2.07. The van der Waals surface area contributed by atoms with Crippen LogP contribution in [0.3, 0.4) is 0 Å². The number of hydrogen-bond acceptors (Lipinski definition) is 5.